The second kappa shape index (κ2) is 10.1. The second-order valence-electron chi connectivity index (χ2n) is 5.28. The molecule has 0 radical (unpaired) electrons. The van der Waals surface area contributed by atoms with Crippen molar-refractivity contribution < 1.29 is 9.13 Å². The monoisotopic (exact) mass is 333 g/mol. The molecule has 0 fully saturated rings. The molecule has 2 nitrogen and oxygen atoms in total. The van der Waals surface area contributed by atoms with Crippen LogP contribution in [0.3, 0.4) is 0 Å². The minimum Gasteiger partial charge on any atom is -0.495 e. The summed E-state index contributed by atoms with van der Waals surface area (Å²) in [4.78, 5) is 2.99. The zero-order valence-corrected chi connectivity index (χ0v) is 15.2. The van der Waals surface area contributed by atoms with Gasteiger partial charge in [-0.3, -0.25) is 0 Å². The molecule has 0 aromatic heterocycles. The van der Waals surface area contributed by atoms with E-state index in [0.717, 1.165) is 16.0 Å². The summed E-state index contributed by atoms with van der Waals surface area (Å²) in [5, 5.41) is 0. The van der Waals surface area contributed by atoms with E-state index in [-0.39, 0.29) is 5.82 Å². The molecule has 0 heterocycles. The summed E-state index contributed by atoms with van der Waals surface area (Å²) in [7, 11) is 7.61. The van der Waals surface area contributed by atoms with E-state index in [1.807, 2.05) is 68.7 Å². The minimum atomic E-state index is -0.263. The lowest BCUT2D eigenvalue weighted by atomic mass is 10.1. The van der Waals surface area contributed by atoms with Crippen LogP contribution in [-0.4, -0.2) is 39.4 Å². The summed E-state index contributed by atoms with van der Waals surface area (Å²) in [5.41, 5.74) is 1.81. The zero-order chi connectivity index (χ0) is 17.2. The van der Waals surface area contributed by atoms with E-state index in [4.69, 9.17) is 4.74 Å². The Balaban J connectivity index is 0.000000593. The maximum absolute atomic E-state index is 13.3. The number of hydrogen-bond donors (Lipinski definition) is 0. The smallest absolute Gasteiger partial charge is 0.140 e. The van der Waals surface area contributed by atoms with E-state index in [1.54, 1.807) is 24.9 Å². The number of rotatable bonds is 4. The van der Waals surface area contributed by atoms with Gasteiger partial charge in [-0.05, 0) is 45.1 Å². The van der Waals surface area contributed by atoms with Crippen LogP contribution in [0.1, 0.15) is 11.1 Å². The third-order valence-corrected chi connectivity index (χ3v) is 3.57. The van der Waals surface area contributed by atoms with E-state index < -0.39 is 0 Å². The number of benzene rings is 2. The molecule has 0 bridgehead atoms. The van der Waals surface area contributed by atoms with Crippen LogP contribution in [0.25, 0.3) is 10.7 Å². The quantitative estimate of drug-likeness (QED) is 0.587. The van der Waals surface area contributed by atoms with E-state index in [0.29, 0.717) is 5.76 Å². The fourth-order valence-electron chi connectivity index (χ4n) is 1.90. The molecule has 0 aliphatic heterocycles. The van der Waals surface area contributed by atoms with Crippen molar-refractivity contribution in [1.82, 2.24) is 4.90 Å². The normalized spacial score (nSPS) is 11.4. The Kier molecular flexibility index (Phi) is 8.45. The summed E-state index contributed by atoms with van der Waals surface area (Å²) in [6, 6.07) is 16.4. The van der Waals surface area contributed by atoms with Crippen LogP contribution < -0.4 is 0 Å². The third-order valence-electron chi connectivity index (χ3n) is 2.74. The lowest BCUT2D eigenvalue weighted by molar-refractivity contribution is 0.372. The first-order chi connectivity index (χ1) is 11.0. The van der Waals surface area contributed by atoms with Crippen LogP contribution in [-0.2, 0) is 4.74 Å². The van der Waals surface area contributed by atoms with Gasteiger partial charge in [-0.1, -0.05) is 42.5 Å². The Bertz CT molecular complexity index is 624. The number of hydrogen-bond acceptors (Lipinski definition) is 3. The van der Waals surface area contributed by atoms with Crippen molar-refractivity contribution in [2.45, 2.75) is 0 Å². The van der Waals surface area contributed by atoms with E-state index >= 15 is 0 Å². The summed E-state index contributed by atoms with van der Waals surface area (Å²) in [5.74, 6) is 0.429. The molecule has 2 rings (SSSR count). The summed E-state index contributed by atoms with van der Waals surface area (Å²) in [6.45, 7) is 0. The van der Waals surface area contributed by atoms with Gasteiger partial charge >= 0.3 is 0 Å². The first-order valence-corrected chi connectivity index (χ1v) is 8.46. The maximum Gasteiger partial charge on any atom is 0.140 e. The fourth-order valence-corrected chi connectivity index (χ4v) is 2.66. The molecule has 23 heavy (non-hydrogen) atoms. The van der Waals surface area contributed by atoms with Gasteiger partial charge in [-0.15, -0.1) is 11.8 Å². The zero-order valence-electron chi connectivity index (χ0n) is 14.3. The lowest BCUT2D eigenvalue weighted by Crippen LogP contribution is -1.99. The third kappa shape index (κ3) is 6.47. The van der Waals surface area contributed by atoms with Crippen LogP contribution in [0.5, 0.6) is 0 Å². The Labute approximate surface area is 143 Å². The number of halogens is 1. The van der Waals surface area contributed by atoms with Gasteiger partial charge in [-0.2, -0.15) is 0 Å². The standard InChI is InChI=1S/C16H15FOS.C3H9N/c1-18-15(13-9-6-10-14(17)11-13)16(19-2)12-7-4-3-5-8-12;1-4(2)3/h3-11H,1-2H3;1-3H3/b16-15-;. The molecule has 0 unspecified atom stereocenters. The van der Waals surface area contributed by atoms with Crippen molar-refractivity contribution in [3.63, 3.8) is 0 Å². The predicted molar refractivity (Wildman–Crippen MR) is 99.8 cm³/mol. The fraction of sp³-hybridized carbons (Fsp3) is 0.263. The Morgan fingerprint density at radius 3 is 2.00 bits per heavy atom. The first kappa shape index (κ1) is 19.3. The SMILES string of the molecule is CN(C)C.CO/C(=C(\SC)c1ccccc1)c1cccc(F)c1. The van der Waals surface area contributed by atoms with Crippen LogP contribution in [0, 0.1) is 5.82 Å². The molecule has 0 N–H and O–H groups in total. The molecule has 0 spiro atoms. The minimum absolute atomic E-state index is 0.263. The molecule has 0 atom stereocenters. The molecule has 0 aliphatic carbocycles. The highest BCUT2D eigenvalue weighted by Gasteiger charge is 2.12. The highest BCUT2D eigenvalue weighted by molar-refractivity contribution is 8.07. The van der Waals surface area contributed by atoms with Gasteiger partial charge in [0.05, 0.1) is 12.0 Å². The van der Waals surface area contributed by atoms with Gasteiger partial charge in [-0.25, -0.2) is 4.39 Å². The molecule has 2 aromatic carbocycles. The Hall–Kier alpha value is -1.78. The molecule has 0 saturated carbocycles. The van der Waals surface area contributed by atoms with Crippen LogP contribution in [0.2, 0.25) is 0 Å². The molecule has 4 heteroatoms. The van der Waals surface area contributed by atoms with Crippen LogP contribution in [0.15, 0.2) is 54.6 Å². The summed E-state index contributed by atoms with van der Waals surface area (Å²) >= 11 is 1.59. The number of ether oxygens (including phenoxy) is 1. The lowest BCUT2D eigenvalue weighted by Gasteiger charge is -2.13. The average molecular weight is 333 g/mol. The van der Waals surface area contributed by atoms with Crippen molar-refractivity contribution in [3.8, 4) is 0 Å². The van der Waals surface area contributed by atoms with Crippen molar-refractivity contribution in [2.24, 2.45) is 0 Å². The highest BCUT2D eigenvalue weighted by Crippen LogP contribution is 2.34. The van der Waals surface area contributed by atoms with E-state index in [1.165, 1.54) is 12.1 Å². The van der Waals surface area contributed by atoms with Crippen LogP contribution in [0.4, 0.5) is 4.39 Å². The molecule has 0 saturated heterocycles. The molecule has 0 aliphatic rings. The van der Waals surface area contributed by atoms with Crippen molar-refractivity contribution >= 4 is 22.4 Å². The number of methoxy groups -OCH3 is 1. The van der Waals surface area contributed by atoms with Crippen molar-refractivity contribution in [1.29, 1.82) is 0 Å². The van der Waals surface area contributed by atoms with Crippen LogP contribution >= 0.6 is 11.8 Å². The molecule has 0 amide bonds. The van der Waals surface area contributed by atoms with Gasteiger partial charge < -0.3 is 9.64 Å². The largest absolute Gasteiger partial charge is 0.495 e. The number of nitrogens with zero attached hydrogens (tertiary/aromatic N) is 1. The van der Waals surface area contributed by atoms with Gasteiger partial charge in [0.2, 0.25) is 0 Å². The van der Waals surface area contributed by atoms with E-state index in [9.17, 15) is 4.39 Å². The van der Waals surface area contributed by atoms with E-state index in [2.05, 4.69) is 0 Å². The van der Waals surface area contributed by atoms with Crippen molar-refractivity contribution in [3.05, 3.63) is 71.5 Å². The molecular formula is C19H24FNOS. The van der Waals surface area contributed by atoms with Gasteiger partial charge in [0.15, 0.2) is 0 Å². The summed E-state index contributed by atoms with van der Waals surface area (Å²) in [6.07, 6.45) is 1.99. The van der Waals surface area contributed by atoms with Gasteiger partial charge in [0, 0.05) is 5.56 Å². The van der Waals surface area contributed by atoms with Gasteiger partial charge in [0.1, 0.15) is 11.6 Å². The molecule has 124 valence electrons. The van der Waals surface area contributed by atoms with Gasteiger partial charge in [0.25, 0.3) is 0 Å². The highest BCUT2D eigenvalue weighted by atomic mass is 32.2. The first-order valence-electron chi connectivity index (χ1n) is 7.24. The molecular weight excluding hydrogens is 309 g/mol. The van der Waals surface area contributed by atoms with Crippen molar-refractivity contribution in [2.75, 3.05) is 34.5 Å². The molecule has 2 aromatic rings. The predicted octanol–water partition coefficient (Wildman–Crippen LogP) is 4.84. The average Bonchev–Trinajstić information content (AvgIpc) is 2.52. The Morgan fingerprint density at radius 1 is 0.957 bits per heavy atom. The topological polar surface area (TPSA) is 12.5 Å². The second-order valence-corrected chi connectivity index (χ2v) is 6.10. The number of thioether (sulfide) groups is 1. The Morgan fingerprint density at radius 2 is 1.52 bits per heavy atom. The maximum atomic E-state index is 13.3. The summed E-state index contributed by atoms with van der Waals surface area (Å²) < 4.78 is 18.8.